The predicted molar refractivity (Wildman–Crippen MR) is 54.4 cm³/mol. The molecule has 1 aliphatic heterocycles. The van der Waals surface area contributed by atoms with Gasteiger partial charge in [0.1, 0.15) is 0 Å². The van der Waals surface area contributed by atoms with Crippen molar-refractivity contribution in [2.75, 3.05) is 33.4 Å². The first-order valence-corrected chi connectivity index (χ1v) is 4.85. The lowest BCUT2D eigenvalue weighted by molar-refractivity contribution is 0.141. The Labute approximate surface area is 84.5 Å². The molecule has 1 heterocycles. The minimum atomic E-state index is 0.273. The molecule has 0 aromatic rings. The van der Waals surface area contributed by atoms with Gasteiger partial charge < -0.3 is 15.7 Å². The highest BCUT2D eigenvalue weighted by Gasteiger charge is 2.29. The SMILES string of the molecule is COC[C@H]1CN(CC(N)=NO)C[C@H]1C. The third-order valence-electron chi connectivity index (χ3n) is 2.74. The van der Waals surface area contributed by atoms with Crippen LogP contribution in [0.5, 0.6) is 0 Å². The largest absolute Gasteiger partial charge is 0.409 e. The maximum atomic E-state index is 8.44. The molecule has 0 aliphatic carbocycles. The van der Waals surface area contributed by atoms with Crippen molar-refractivity contribution in [2.24, 2.45) is 22.7 Å². The summed E-state index contributed by atoms with van der Waals surface area (Å²) in [5.74, 6) is 1.45. The molecule has 5 heteroatoms. The van der Waals surface area contributed by atoms with Gasteiger partial charge in [0.2, 0.25) is 0 Å². The van der Waals surface area contributed by atoms with Crippen LogP contribution < -0.4 is 5.73 Å². The van der Waals surface area contributed by atoms with Gasteiger partial charge >= 0.3 is 0 Å². The van der Waals surface area contributed by atoms with Crippen molar-refractivity contribution in [3.8, 4) is 0 Å². The summed E-state index contributed by atoms with van der Waals surface area (Å²) >= 11 is 0. The molecule has 82 valence electrons. The highest BCUT2D eigenvalue weighted by molar-refractivity contribution is 5.81. The predicted octanol–water partition coefficient (Wildman–Crippen LogP) is -0.0529. The number of hydrogen-bond acceptors (Lipinski definition) is 4. The van der Waals surface area contributed by atoms with E-state index in [1.165, 1.54) is 0 Å². The summed E-state index contributed by atoms with van der Waals surface area (Å²) in [5, 5.41) is 11.4. The maximum Gasteiger partial charge on any atom is 0.153 e. The minimum absolute atomic E-state index is 0.273. The van der Waals surface area contributed by atoms with Gasteiger partial charge in [-0.15, -0.1) is 0 Å². The average Bonchev–Trinajstić information content (AvgIpc) is 2.47. The number of likely N-dealkylation sites (tertiary alicyclic amines) is 1. The molecule has 1 fully saturated rings. The Morgan fingerprint density at radius 2 is 2.36 bits per heavy atom. The molecule has 5 nitrogen and oxygen atoms in total. The number of nitrogens with two attached hydrogens (primary N) is 1. The van der Waals surface area contributed by atoms with Crippen LogP contribution in [-0.4, -0.2) is 49.3 Å². The fourth-order valence-corrected chi connectivity index (χ4v) is 1.96. The van der Waals surface area contributed by atoms with Gasteiger partial charge in [-0.05, 0) is 11.8 Å². The van der Waals surface area contributed by atoms with Crippen LogP contribution in [0.1, 0.15) is 6.92 Å². The minimum Gasteiger partial charge on any atom is -0.409 e. The Hall–Kier alpha value is -0.810. The lowest BCUT2D eigenvalue weighted by Crippen LogP contribution is -2.32. The fraction of sp³-hybridized carbons (Fsp3) is 0.889. The first-order valence-electron chi connectivity index (χ1n) is 4.85. The summed E-state index contributed by atoms with van der Waals surface area (Å²) in [6.07, 6.45) is 0. The van der Waals surface area contributed by atoms with Gasteiger partial charge in [0.25, 0.3) is 0 Å². The van der Waals surface area contributed by atoms with Crippen LogP contribution in [0.4, 0.5) is 0 Å². The lowest BCUT2D eigenvalue weighted by atomic mass is 10.00. The van der Waals surface area contributed by atoms with Gasteiger partial charge in [0, 0.05) is 20.2 Å². The molecule has 0 aromatic heterocycles. The highest BCUT2D eigenvalue weighted by Crippen LogP contribution is 2.22. The zero-order chi connectivity index (χ0) is 10.6. The van der Waals surface area contributed by atoms with Gasteiger partial charge in [-0.1, -0.05) is 12.1 Å². The number of nitrogens with zero attached hydrogens (tertiary/aromatic N) is 2. The molecule has 0 saturated carbocycles. The van der Waals surface area contributed by atoms with Crippen LogP contribution in [0.25, 0.3) is 0 Å². The van der Waals surface area contributed by atoms with E-state index in [1.807, 2.05) is 0 Å². The Kier molecular flexibility index (Phi) is 4.16. The van der Waals surface area contributed by atoms with E-state index in [0.717, 1.165) is 19.7 Å². The Morgan fingerprint density at radius 3 is 2.93 bits per heavy atom. The second kappa shape index (κ2) is 5.17. The van der Waals surface area contributed by atoms with E-state index in [-0.39, 0.29) is 5.84 Å². The normalized spacial score (nSPS) is 29.7. The smallest absolute Gasteiger partial charge is 0.153 e. The number of methoxy groups -OCH3 is 1. The van der Waals surface area contributed by atoms with Crippen LogP contribution in [0.2, 0.25) is 0 Å². The van der Waals surface area contributed by atoms with Gasteiger partial charge in [-0.3, -0.25) is 4.90 Å². The summed E-state index contributed by atoms with van der Waals surface area (Å²) < 4.78 is 5.14. The van der Waals surface area contributed by atoms with Gasteiger partial charge in [-0.2, -0.15) is 0 Å². The summed E-state index contributed by atoms with van der Waals surface area (Å²) in [4.78, 5) is 2.18. The number of rotatable bonds is 4. The monoisotopic (exact) mass is 201 g/mol. The van der Waals surface area contributed by atoms with Crippen molar-refractivity contribution in [3.63, 3.8) is 0 Å². The molecule has 1 aliphatic rings. The van der Waals surface area contributed by atoms with Crippen molar-refractivity contribution in [1.29, 1.82) is 0 Å². The number of hydrogen-bond donors (Lipinski definition) is 2. The summed E-state index contributed by atoms with van der Waals surface area (Å²) in [6, 6.07) is 0. The molecule has 3 N–H and O–H groups in total. The Morgan fingerprint density at radius 1 is 1.64 bits per heavy atom. The number of ether oxygens (including phenoxy) is 1. The second-order valence-electron chi connectivity index (χ2n) is 3.98. The molecule has 0 amide bonds. The standard InChI is InChI=1S/C9H19N3O2/c1-7-3-12(5-9(10)11-13)4-8(7)6-14-2/h7-8,13H,3-6H2,1-2H3,(H2,10,11)/t7-,8-/m1/s1. The van der Waals surface area contributed by atoms with Crippen molar-refractivity contribution in [3.05, 3.63) is 0 Å². The van der Waals surface area contributed by atoms with Gasteiger partial charge in [-0.25, -0.2) is 0 Å². The van der Waals surface area contributed by atoms with Crippen LogP contribution in [-0.2, 0) is 4.74 Å². The van der Waals surface area contributed by atoms with E-state index < -0.39 is 0 Å². The van der Waals surface area contributed by atoms with Crippen molar-refractivity contribution in [1.82, 2.24) is 4.90 Å². The molecule has 0 bridgehead atoms. The second-order valence-corrected chi connectivity index (χ2v) is 3.98. The quantitative estimate of drug-likeness (QED) is 0.289. The summed E-state index contributed by atoms with van der Waals surface area (Å²) in [7, 11) is 1.72. The van der Waals surface area contributed by atoms with E-state index in [1.54, 1.807) is 7.11 Å². The van der Waals surface area contributed by atoms with E-state index in [2.05, 4.69) is 17.0 Å². The van der Waals surface area contributed by atoms with Crippen LogP contribution in [0.15, 0.2) is 5.16 Å². The topological polar surface area (TPSA) is 71.1 Å². The molecule has 0 radical (unpaired) electrons. The van der Waals surface area contributed by atoms with E-state index in [9.17, 15) is 0 Å². The van der Waals surface area contributed by atoms with Gasteiger partial charge in [0.15, 0.2) is 5.84 Å². The summed E-state index contributed by atoms with van der Waals surface area (Å²) in [6.45, 7) is 5.49. The van der Waals surface area contributed by atoms with Crippen molar-refractivity contribution >= 4 is 5.84 Å². The first-order chi connectivity index (χ1) is 6.67. The van der Waals surface area contributed by atoms with Crippen LogP contribution in [0.3, 0.4) is 0 Å². The maximum absolute atomic E-state index is 8.44. The lowest BCUT2D eigenvalue weighted by Gasteiger charge is -2.14. The molecular weight excluding hydrogens is 182 g/mol. The van der Waals surface area contributed by atoms with Gasteiger partial charge in [0.05, 0.1) is 13.2 Å². The molecule has 1 saturated heterocycles. The average molecular weight is 201 g/mol. The molecule has 14 heavy (non-hydrogen) atoms. The summed E-state index contributed by atoms with van der Waals surface area (Å²) in [5.41, 5.74) is 5.44. The molecule has 2 atom stereocenters. The molecular formula is C9H19N3O2. The zero-order valence-corrected chi connectivity index (χ0v) is 8.81. The Bertz CT molecular complexity index is 208. The van der Waals surface area contributed by atoms with Crippen LogP contribution in [0, 0.1) is 11.8 Å². The molecule has 1 rings (SSSR count). The zero-order valence-electron chi connectivity index (χ0n) is 8.81. The van der Waals surface area contributed by atoms with Crippen molar-refractivity contribution in [2.45, 2.75) is 6.92 Å². The number of amidine groups is 1. The Balaban J connectivity index is 2.38. The molecule has 0 aromatic carbocycles. The third kappa shape index (κ3) is 2.85. The van der Waals surface area contributed by atoms with E-state index in [0.29, 0.717) is 18.4 Å². The fourth-order valence-electron chi connectivity index (χ4n) is 1.96. The third-order valence-corrected chi connectivity index (χ3v) is 2.74. The van der Waals surface area contributed by atoms with E-state index in [4.69, 9.17) is 15.7 Å². The van der Waals surface area contributed by atoms with Crippen molar-refractivity contribution < 1.29 is 9.94 Å². The number of oxime groups is 1. The molecule has 0 unspecified atom stereocenters. The van der Waals surface area contributed by atoms with E-state index >= 15 is 0 Å². The van der Waals surface area contributed by atoms with Crippen LogP contribution >= 0.6 is 0 Å². The molecule has 0 spiro atoms. The highest BCUT2D eigenvalue weighted by atomic mass is 16.5. The first kappa shape index (κ1) is 11.3.